The maximum Gasteiger partial charge on any atom is 0.150 e. The summed E-state index contributed by atoms with van der Waals surface area (Å²) in [6, 6.07) is 8.64. The molecule has 1 aliphatic heterocycles. The Kier molecular flexibility index (Phi) is 3.25. The zero-order valence-corrected chi connectivity index (χ0v) is 11.3. The number of ether oxygens (including phenoxy) is 1. The van der Waals surface area contributed by atoms with E-state index in [0.29, 0.717) is 6.54 Å². The number of hydrogen-bond acceptors (Lipinski definition) is 4. The molecule has 4 heteroatoms. The number of aryl methyl sites for hydroxylation is 1. The molecule has 0 radical (unpaired) electrons. The van der Waals surface area contributed by atoms with Gasteiger partial charge in [-0.2, -0.15) is 0 Å². The maximum atomic E-state index is 5.52. The number of benzene rings is 1. The summed E-state index contributed by atoms with van der Waals surface area (Å²) in [5.41, 5.74) is 3.50. The molecule has 19 heavy (non-hydrogen) atoms. The normalized spacial score (nSPS) is 15.1. The van der Waals surface area contributed by atoms with Crippen LogP contribution >= 0.6 is 0 Å². The lowest BCUT2D eigenvalue weighted by Crippen LogP contribution is -2.17. The van der Waals surface area contributed by atoms with Crippen molar-refractivity contribution >= 4 is 0 Å². The van der Waals surface area contributed by atoms with Gasteiger partial charge in [-0.15, -0.1) is 0 Å². The molecule has 2 aromatic rings. The summed E-state index contributed by atoms with van der Waals surface area (Å²) in [6.07, 6.45) is 1.01. The van der Waals surface area contributed by atoms with Gasteiger partial charge in [-0.05, 0) is 31.0 Å². The van der Waals surface area contributed by atoms with Crippen LogP contribution in [0.5, 0.6) is 5.75 Å². The second-order valence-corrected chi connectivity index (χ2v) is 5.00. The van der Waals surface area contributed by atoms with Crippen molar-refractivity contribution in [3.63, 3.8) is 0 Å². The largest absolute Gasteiger partial charge is 0.493 e. The molecular weight excluding hydrogens is 240 g/mol. The number of rotatable bonds is 4. The molecule has 0 saturated carbocycles. The fourth-order valence-corrected chi connectivity index (χ4v) is 2.35. The van der Waals surface area contributed by atoms with E-state index in [2.05, 4.69) is 35.6 Å². The van der Waals surface area contributed by atoms with E-state index in [1.54, 1.807) is 0 Å². The van der Waals surface area contributed by atoms with E-state index < -0.39 is 0 Å². The SMILES string of the molecule is Cc1cc(CNC(C)c2ccc3c(c2)CCO3)on1. The van der Waals surface area contributed by atoms with Gasteiger partial charge in [-0.3, -0.25) is 0 Å². The smallest absolute Gasteiger partial charge is 0.150 e. The third-order valence-electron chi connectivity index (χ3n) is 3.47. The van der Waals surface area contributed by atoms with Gasteiger partial charge in [0.1, 0.15) is 5.75 Å². The minimum atomic E-state index is 0.274. The molecule has 100 valence electrons. The lowest BCUT2D eigenvalue weighted by Gasteiger charge is -2.14. The average molecular weight is 258 g/mol. The van der Waals surface area contributed by atoms with E-state index in [4.69, 9.17) is 9.26 Å². The van der Waals surface area contributed by atoms with Gasteiger partial charge in [0.2, 0.25) is 0 Å². The second kappa shape index (κ2) is 5.05. The minimum Gasteiger partial charge on any atom is -0.493 e. The molecule has 3 rings (SSSR count). The Hall–Kier alpha value is -1.81. The molecule has 2 heterocycles. The van der Waals surface area contributed by atoms with Crippen LogP contribution in [-0.2, 0) is 13.0 Å². The van der Waals surface area contributed by atoms with E-state index in [1.807, 2.05) is 13.0 Å². The van der Waals surface area contributed by atoms with Crippen LogP contribution in [0.3, 0.4) is 0 Å². The number of nitrogens with zero attached hydrogens (tertiary/aromatic N) is 1. The van der Waals surface area contributed by atoms with Gasteiger partial charge in [-0.25, -0.2) is 0 Å². The lowest BCUT2D eigenvalue weighted by atomic mass is 10.0. The number of fused-ring (bicyclic) bond motifs is 1. The second-order valence-electron chi connectivity index (χ2n) is 5.00. The summed E-state index contributed by atoms with van der Waals surface area (Å²) in [7, 11) is 0. The minimum absolute atomic E-state index is 0.274. The molecule has 4 nitrogen and oxygen atoms in total. The molecule has 1 aliphatic rings. The van der Waals surface area contributed by atoms with Gasteiger partial charge in [0.05, 0.1) is 18.8 Å². The molecule has 1 atom stereocenters. The Morgan fingerprint density at radius 1 is 1.37 bits per heavy atom. The van der Waals surface area contributed by atoms with Crippen LogP contribution in [0, 0.1) is 6.92 Å². The van der Waals surface area contributed by atoms with Crippen LogP contribution in [0.25, 0.3) is 0 Å². The Morgan fingerprint density at radius 3 is 3.05 bits per heavy atom. The third-order valence-corrected chi connectivity index (χ3v) is 3.47. The molecule has 1 aromatic carbocycles. The Balaban J connectivity index is 1.65. The van der Waals surface area contributed by atoms with E-state index in [9.17, 15) is 0 Å². The topological polar surface area (TPSA) is 47.3 Å². The van der Waals surface area contributed by atoms with Crippen molar-refractivity contribution in [3.8, 4) is 5.75 Å². The molecule has 0 spiro atoms. The maximum absolute atomic E-state index is 5.52. The number of nitrogens with one attached hydrogen (secondary N) is 1. The predicted octanol–water partition coefficient (Wildman–Crippen LogP) is 2.77. The molecule has 0 saturated heterocycles. The highest BCUT2D eigenvalue weighted by atomic mass is 16.5. The van der Waals surface area contributed by atoms with Gasteiger partial charge < -0.3 is 14.6 Å². The Labute approximate surface area is 112 Å². The monoisotopic (exact) mass is 258 g/mol. The Morgan fingerprint density at radius 2 is 2.26 bits per heavy atom. The van der Waals surface area contributed by atoms with E-state index in [0.717, 1.165) is 30.2 Å². The van der Waals surface area contributed by atoms with Crippen molar-refractivity contribution < 1.29 is 9.26 Å². The highest BCUT2D eigenvalue weighted by Gasteiger charge is 2.14. The zero-order chi connectivity index (χ0) is 13.2. The Bertz CT molecular complexity index is 577. The summed E-state index contributed by atoms with van der Waals surface area (Å²) in [4.78, 5) is 0. The first-order chi connectivity index (χ1) is 9.22. The summed E-state index contributed by atoms with van der Waals surface area (Å²) in [5, 5.41) is 7.33. The fourth-order valence-electron chi connectivity index (χ4n) is 2.35. The van der Waals surface area contributed by atoms with E-state index in [1.165, 1.54) is 11.1 Å². The van der Waals surface area contributed by atoms with Crippen molar-refractivity contribution in [2.24, 2.45) is 0 Å². The molecule has 1 unspecified atom stereocenters. The van der Waals surface area contributed by atoms with Crippen LogP contribution in [0.15, 0.2) is 28.8 Å². The lowest BCUT2D eigenvalue weighted by molar-refractivity contribution is 0.356. The van der Waals surface area contributed by atoms with Crippen LogP contribution in [0.1, 0.15) is 35.5 Å². The van der Waals surface area contributed by atoms with E-state index >= 15 is 0 Å². The third kappa shape index (κ3) is 2.63. The van der Waals surface area contributed by atoms with Gasteiger partial charge in [0, 0.05) is 18.5 Å². The standard InChI is InChI=1S/C15H18N2O2/c1-10-7-14(19-17-10)9-16-11(2)12-3-4-15-13(8-12)5-6-18-15/h3-4,7-8,11,16H,5-6,9H2,1-2H3. The number of aromatic nitrogens is 1. The van der Waals surface area contributed by atoms with Gasteiger partial charge >= 0.3 is 0 Å². The van der Waals surface area contributed by atoms with Crippen molar-refractivity contribution in [2.45, 2.75) is 32.9 Å². The molecule has 0 fully saturated rings. The molecule has 0 bridgehead atoms. The quantitative estimate of drug-likeness (QED) is 0.916. The summed E-state index contributed by atoms with van der Waals surface area (Å²) in [5.74, 6) is 1.90. The molecule has 0 amide bonds. The van der Waals surface area contributed by atoms with Crippen LogP contribution in [0.2, 0.25) is 0 Å². The fraction of sp³-hybridized carbons (Fsp3) is 0.400. The van der Waals surface area contributed by atoms with E-state index in [-0.39, 0.29) is 6.04 Å². The van der Waals surface area contributed by atoms with Crippen LogP contribution < -0.4 is 10.1 Å². The molecule has 0 aliphatic carbocycles. The van der Waals surface area contributed by atoms with Crippen molar-refractivity contribution in [2.75, 3.05) is 6.61 Å². The van der Waals surface area contributed by atoms with Crippen LogP contribution in [-0.4, -0.2) is 11.8 Å². The first-order valence-corrected chi connectivity index (χ1v) is 6.63. The zero-order valence-electron chi connectivity index (χ0n) is 11.3. The van der Waals surface area contributed by atoms with Gasteiger partial charge in [-0.1, -0.05) is 17.3 Å². The molecule has 1 N–H and O–H groups in total. The number of hydrogen-bond donors (Lipinski definition) is 1. The van der Waals surface area contributed by atoms with Crippen molar-refractivity contribution in [1.29, 1.82) is 0 Å². The predicted molar refractivity (Wildman–Crippen MR) is 72.1 cm³/mol. The average Bonchev–Trinajstić information content (AvgIpc) is 3.03. The van der Waals surface area contributed by atoms with Crippen molar-refractivity contribution in [1.82, 2.24) is 10.5 Å². The van der Waals surface area contributed by atoms with Crippen molar-refractivity contribution in [3.05, 3.63) is 46.8 Å². The van der Waals surface area contributed by atoms with Crippen LogP contribution in [0.4, 0.5) is 0 Å². The van der Waals surface area contributed by atoms with Gasteiger partial charge in [0.15, 0.2) is 5.76 Å². The summed E-state index contributed by atoms with van der Waals surface area (Å²) < 4.78 is 10.7. The summed E-state index contributed by atoms with van der Waals surface area (Å²) in [6.45, 7) is 5.57. The molecule has 1 aromatic heterocycles. The highest BCUT2D eigenvalue weighted by Crippen LogP contribution is 2.28. The highest BCUT2D eigenvalue weighted by molar-refractivity contribution is 5.40. The molecular formula is C15H18N2O2. The summed E-state index contributed by atoms with van der Waals surface area (Å²) >= 11 is 0. The van der Waals surface area contributed by atoms with Gasteiger partial charge in [0.25, 0.3) is 0 Å². The first-order valence-electron chi connectivity index (χ1n) is 6.63. The first kappa shape index (κ1) is 12.2.